The molecule has 0 amide bonds. The summed E-state index contributed by atoms with van der Waals surface area (Å²) in [5.74, 6) is -0.152. The van der Waals surface area contributed by atoms with Crippen molar-refractivity contribution >= 4 is 12.0 Å². The van der Waals surface area contributed by atoms with Gasteiger partial charge < -0.3 is 15.8 Å². The zero-order valence-corrected chi connectivity index (χ0v) is 7.99. The second kappa shape index (κ2) is 3.80. The lowest BCUT2D eigenvalue weighted by molar-refractivity contribution is -0.108. The van der Waals surface area contributed by atoms with Crippen LogP contribution in [0.15, 0.2) is 18.2 Å². The summed E-state index contributed by atoms with van der Waals surface area (Å²) in [7, 11) is 0. The summed E-state index contributed by atoms with van der Waals surface area (Å²) in [4.78, 5) is 10.7. The lowest BCUT2D eigenvalue weighted by Gasteiger charge is -2.09. The van der Waals surface area contributed by atoms with E-state index in [-0.39, 0.29) is 5.92 Å². The Labute approximate surface area is 83.3 Å². The second-order valence-electron chi connectivity index (χ2n) is 3.57. The molecule has 0 fully saturated rings. The monoisotopic (exact) mass is 190 g/mol. The number of nitrogens with two attached hydrogens (primary N) is 1. The topological polar surface area (TPSA) is 55.1 Å². The van der Waals surface area contributed by atoms with E-state index in [0.717, 1.165) is 24.8 Å². The van der Waals surface area contributed by atoms with Crippen molar-refractivity contribution in [3.63, 3.8) is 0 Å². The Balaban J connectivity index is 2.32. The van der Waals surface area contributed by atoms with Crippen LogP contribution in [-0.2, 0) is 11.2 Å². The maximum absolute atomic E-state index is 10.7. The molecule has 14 heavy (non-hydrogen) atoms. The van der Waals surface area contributed by atoms with Gasteiger partial charge in [-0.2, -0.15) is 0 Å². The molecule has 1 unspecified atom stereocenters. The molecule has 0 aromatic heterocycles. The molecule has 1 aliphatic rings. The van der Waals surface area contributed by atoms with Gasteiger partial charge in [-0.3, -0.25) is 0 Å². The molecule has 74 valence electrons. The maximum Gasteiger partial charge on any atom is 0.128 e. The molecular weight excluding hydrogens is 176 g/mol. The zero-order chi connectivity index (χ0) is 9.97. The number of nitrogens with one attached hydrogen (secondary N) is 1. The average Bonchev–Trinajstić information content (AvgIpc) is 2.66. The first-order chi connectivity index (χ1) is 6.85. The fourth-order valence-corrected chi connectivity index (χ4v) is 1.83. The lowest BCUT2D eigenvalue weighted by Crippen LogP contribution is -2.13. The van der Waals surface area contributed by atoms with Gasteiger partial charge in [0.1, 0.15) is 6.29 Å². The molecule has 0 radical (unpaired) electrons. The van der Waals surface area contributed by atoms with E-state index in [2.05, 4.69) is 11.4 Å². The molecule has 0 bridgehead atoms. The van der Waals surface area contributed by atoms with Crippen LogP contribution in [0.5, 0.6) is 0 Å². The highest BCUT2D eigenvalue weighted by Crippen LogP contribution is 2.25. The molecule has 1 aromatic carbocycles. The van der Waals surface area contributed by atoms with Crippen molar-refractivity contribution in [1.82, 2.24) is 0 Å². The van der Waals surface area contributed by atoms with E-state index in [1.165, 1.54) is 11.3 Å². The van der Waals surface area contributed by atoms with Gasteiger partial charge in [-0.05, 0) is 23.6 Å². The van der Waals surface area contributed by atoms with Crippen molar-refractivity contribution in [2.24, 2.45) is 5.73 Å². The van der Waals surface area contributed by atoms with Crippen LogP contribution >= 0.6 is 0 Å². The van der Waals surface area contributed by atoms with E-state index < -0.39 is 0 Å². The summed E-state index contributed by atoms with van der Waals surface area (Å²) in [5, 5.41) is 3.28. The molecule has 0 saturated heterocycles. The van der Waals surface area contributed by atoms with Crippen molar-refractivity contribution < 1.29 is 4.79 Å². The van der Waals surface area contributed by atoms with Gasteiger partial charge in [-0.1, -0.05) is 12.1 Å². The van der Waals surface area contributed by atoms with Crippen molar-refractivity contribution in [2.45, 2.75) is 12.3 Å². The van der Waals surface area contributed by atoms with Gasteiger partial charge in [0, 0.05) is 18.8 Å². The number of aldehydes is 1. The van der Waals surface area contributed by atoms with Crippen LogP contribution in [0.25, 0.3) is 0 Å². The molecular formula is C11H14N2O. The van der Waals surface area contributed by atoms with Crippen molar-refractivity contribution in [1.29, 1.82) is 0 Å². The van der Waals surface area contributed by atoms with Gasteiger partial charge in [0.25, 0.3) is 0 Å². The molecule has 1 aromatic rings. The molecule has 3 heteroatoms. The highest BCUT2D eigenvalue weighted by molar-refractivity contribution is 5.65. The predicted molar refractivity (Wildman–Crippen MR) is 56.5 cm³/mol. The number of rotatable bonds is 3. The molecule has 2 rings (SSSR count). The summed E-state index contributed by atoms with van der Waals surface area (Å²) in [6, 6.07) is 6.09. The van der Waals surface area contributed by atoms with Gasteiger partial charge in [0.2, 0.25) is 0 Å². The quantitative estimate of drug-likeness (QED) is 0.696. The Morgan fingerprint density at radius 3 is 3.14 bits per heavy atom. The number of hydrogen-bond donors (Lipinski definition) is 2. The average molecular weight is 190 g/mol. The van der Waals surface area contributed by atoms with E-state index in [1.54, 1.807) is 0 Å². The van der Waals surface area contributed by atoms with Gasteiger partial charge in [0.05, 0.1) is 5.92 Å². The normalized spacial score (nSPS) is 15.8. The first-order valence-electron chi connectivity index (χ1n) is 4.87. The first kappa shape index (κ1) is 9.21. The van der Waals surface area contributed by atoms with Gasteiger partial charge in [-0.15, -0.1) is 0 Å². The number of carbonyl (C=O) groups is 1. The number of carbonyl (C=O) groups excluding carboxylic acids is 1. The highest BCUT2D eigenvalue weighted by atomic mass is 16.1. The van der Waals surface area contributed by atoms with Crippen LogP contribution in [0.4, 0.5) is 5.69 Å². The molecule has 1 heterocycles. The van der Waals surface area contributed by atoms with Gasteiger partial charge in [-0.25, -0.2) is 0 Å². The third-order valence-corrected chi connectivity index (χ3v) is 2.69. The third kappa shape index (κ3) is 1.51. The van der Waals surface area contributed by atoms with Gasteiger partial charge in [0.15, 0.2) is 0 Å². The van der Waals surface area contributed by atoms with Gasteiger partial charge >= 0.3 is 0 Å². The van der Waals surface area contributed by atoms with E-state index in [1.807, 2.05) is 12.1 Å². The summed E-state index contributed by atoms with van der Waals surface area (Å²) in [5.41, 5.74) is 9.03. The largest absolute Gasteiger partial charge is 0.384 e. The first-order valence-corrected chi connectivity index (χ1v) is 4.87. The molecule has 3 N–H and O–H groups in total. The van der Waals surface area contributed by atoms with Crippen LogP contribution in [0.1, 0.15) is 17.0 Å². The minimum absolute atomic E-state index is 0.152. The highest BCUT2D eigenvalue weighted by Gasteiger charge is 2.13. The summed E-state index contributed by atoms with van der Waals surface area (Å²) < 4.78 is 0. The van der Waals surface area contributed by atoms with Crippen LogP contribution in [0.2, 0.25) is 0 Å². The minimum Gasteiger partial charge on any atom is -0.384 e. The summed E-state index contributed by atoms with van der Waals surface area (Å²) in [6.45, 7) is 1.38. The predicted octanol–water partition coefficient (Wildman–Crippen LogP) is 0.896. The van der Waals surface area contributed by atoms with Crippen LogP contribution < -0.4 is 11.1 Å². The molecule has 3 nitrogen and oxygen atoms in total. The van der Waals surface area contributed by atoms with E-state index in [0.29, 0.717) is 6.54 Å². The van der Waals surface area contributed by atoms with E-state index in [4.69, 9.17) is 5.73 Å². The Bertz CT molecular complexity index is 349. The molecule has 0 saturated carbocycles. The summed E-state index contributed by atoms with van der Waals surface area (Å²) >= 11 is 0. The Kier molecular flexibility index (Phi) is 2.50. The smallest absolute Gasteiger partial charge is 0.128 e. The van der Waals surface area contributed by atoms with Crippen molar-refractivity contribution in [3.05, 3.63) is 29.3 Å². The molecule has 1 aliphatic heterocycles. The summed E-state index contributed by atoms with van der Waals surface area (Å²) in [6.07, 6.45) is 1.96. The lowest BCUT2D eigenvalue weighted by atomic mass is 9.98. The fraction of sp³-hybridized carbons (Fsp3) is 0.364. The second-order valence-corrected chi connectivity index (χ2v) is 3.57. The Morgan fingerprint density at radius 2 is 2.43 bits per heavy atom. The zero-order valence-electron chi connectivity index (χ0n) is 7.99. The number of anilines is 1. The third-order valence-electron chi connectivity index (χ3n) is 2.69. The standard InChI is InChI=1S/C11H14N2O/c12-6-10(7-14)8-1-2-11-9(5-8)3-4-13-11/h1-2,5,7,10,13H,3-4,6,12H2. The molecule has 0 spiro atoms. The number of hydrogen-bond acceptors (Lipinski definition) is 3. The van der Waals surface area contributed by atoms with Crippen LogP contribution in [0.3, 0.4) is 0 Å². The van der Waals surface area contributed by atoms with Crippen LogP contribution in [-0.4, -0.2) is 19.4 Å². The molecule has 1 atom stereocenters. The molecule has 0 aliphatic carbocycles. The Hall–Kier alpha value is -1.35. The fourth-order valence-electron chi connectivity index (χ4n) is 1.83. The number of benzene rings is 1. The Morgan fingerprint density at radius 1 is 1.57 bits per heavy atom. The number of fused-ring (bicyclic) bond motifs is 1. The van der Waals surface area contributed by atoms with Crippen molar-refractivity contribution in [2.75, 3.05) is 18.4 Å². The SMILES string of the molecule is NCC(C=O)c1ccc2c(c1)CCN2. The maximum atomic E-state index is 10.7. The van der Waals surface area contributed by atoms with E-state index >= 15 is 0 Å². The minimum atomic E-state index is -0.152. The van der Waals surface area contributed by atoms with Crippen LogP contribution in [0, 0.1) is 0 Å². The van der Waals surface area contributed by atoms with E-state index in [9.17, 15) is 4.79 Å². The van der Waals surface area contributed by atoms with Crippen molar-refractivity contribution in [3.8, 4) is 0 Å².